The van der Waals surface area contributed by atoms with Gasteiger partial charge in [-0.1, -0.05) is 18.2 Å². The van der Waals surface area contributed by atoms with Gasteiger partial charge in [0.25, 0.3) is 11.8 Å². The molecule has 0 spiro atoms. The van der Waals surface area contributed by atoms with Gasteiger partial charge in [0.2, 0.25) is 0 Å². The van der Waals surface area contributed by atoms with Gasteiger partial charge in [-0.05, 0) is 88.5 Å². The Morgan fingerprint density at radius 3 is 2.28 bits per heavy atom. The minimum atomic E-state index is -0.139. The number of hydrogen-bond donors (Lipinski definition) is 3. The van der Waals surface area contributed by atoms with E-state index < -0.39 is 0 Å². The molecule has 0 unspecified atom stereocenters. The van der Waals surface area contributed by atoms with E-state index in [0.717, 1.165) is 63.2 Å². The highest BCUT2D eigenvalue weighted by atomic mass is 16.3. The highest BCUT2D eigenvalue weighted by Crippen LogP contribution is 2.38. The number of carbonyl (C=O) groups is 2. The molecule has 3 aliphatic rings. The summed E-state index contributed by atoms with van der Waals surface area (Å²) in [6.07, 6.45) is 5.46. The van der Waals surface area contributed by atoms with Crippen molar-refractivity contribution >= 4 is 23.3 Å². The van der Waals surface area contributed by atoms with E-state index in [1.165, 1.54) is 5.69 Å². The molecule has 3 aromatic rings. The summed E-state index contributed by atoms with van der Waals surface area (Å²) in [6.45, 7) is 7.97. The van der Waals surface area contributed by atoms with E-state index in [1.54, 1.807) is 31.3 Å². The van der Waals surface area contributed by atoms with Gasteiger partial charge in [-0.25, -0.2) is 4.98 Å². The number of hydrogen-bond acceptors (Lipinski definition) is 7. The van der Waals surface area contributed by atoms with Crippen LogP contribution in [0, 0.1) is 6.92 Å². The van der Waals surface area contributed by atoms with Gasteiger partial charge in [-0.3, -0.25) is 9.59 Å². The Kier molecular flexibility index (Phi) is 8.25. The predicted octanol–water partition coefficient (Wildman–Crippen LogP) is 4.27. The fourth-order valence-corrected chi connectivity index (χ4v) is 6.88. The van der Waals surface area contributed by atoms with Gasteiger partial charge < -0.3 is 30.4 Å². The smallest absolute Gasteiger partial charge is 0.253 e. The third kappa shape index (κ3) is 6.18. The number of piperazine rings is 1. The minimum Gasteiger partial charge on any atom is -0.508 e. The summed E-state index contributed by atoms with van der Waals surface area (Å²) in [7, 11) is 2.16. The number of aromatic hydroxyl groups is 1. The molecule has 0 saturated carbocycles. The lowest BCUT2D eigenvalue weighted by Crippen LogP contribution is -2.50. The number of likely N-dealkylation sites (N-methyl/N-ethyl adjacent to an activating group) is 1. The number of amides is 2. The summed E-state index contributed by atoms with van der Waals surface area (Å²) in [4.78, 5) is 37.8. The average Bonchev–Trinajstić information content (AvgIpc) is 3.28. The van der Waals surface area contributed by atoms with Crippen LogP contribution in [0.2, 0.25) is 0 Å². The molecular weight excluding hydrogens is 540 g/mol. The molecule has 9 heteroatoms. The Morgan fingerprint density at radius 2 is 1.63 bits per heavy atom. The number of aromatic nitrogens is 1. The van der Waals surface area contributed by atoms with E-state index in [2.05, 4.69) is 56.6 Å². The average molecular weight is 583 g/mol. The van der Waals surface area contributed by atoms with Crippen LogP contribution >= 0.6 is 0 Å². The highest BCUT2D eigenvalue weighted by molar-refractivity contribution is 5.96. The molecule has 226 valence electrons. The molecule has 4 atom stereocenters. The van der Waals surface area contributed by atoms with Gasteiger partial charge in [0.05, 0.1) is 11.6 Å². The lowest BCUT2D eigenvalue weighted by atomic mass is 9.96. The first-order valence-corrected chi connectivity index (χ1v) is 15.4. The van der Waals surface area contributed by atoms with Crippen molar-refractivity contribution in [2.75, 3.05) is 43.0 Å². The van der Waals surface area contributed by atoms with E-state index in [4.69, 9.17) is 4.98 Å². The molecule has 1 aromatic heterocycles. The van der Waals surface area contributed by atoms with Crippen molar-refractivity contribution in [3.05, 3.63) is 83.0 Å². The number of phenolic OH excluding ortho intramolecular Hbond substituents is 1. The zero-order valence-corrected chi connectivity index (χ0v) is 25.3. The molecule has 6 rings (SSSR count). The number of rotatable bonds is 7. The molecule has 43 heavy (non-hydrogen) atoms. The number of benzene rings is 2. The molecule has 3 N–H and O–H groups in total. The summed E-state index contributed by atoms with van der Waals surface area (Å²) in [5, 5.41) is 16.3. The lowest BCUT2D eigenvalue weighted by molar-refractivity contribution is 0.0922. The second kappa shape index (κ2) is 12.2. The van der Waals surface area contributed by atoms with Crippen LogP contribution in [0.15, 0.2) is 60.8 Å². The van der Waals surface area contributed by atoms with E-state index in [1.807, 2.05) is 19.1 Å². The normalized spacial score (nSPS) is 22.7. The van der Waals surface area contributed by atoms with Gasteiger partial charge in [0.15, 0.2) is 0 Å². The van der Waals surface area contributed by atoms with E-state index in [-0.39, 0.29) is 41.7 Å². The van der Waals surface area contributed by atoms with Gasteiger partial charge >= 0.3 is 0 Å². The molecule has 2 amide bonds. The maximum atomic E-state index is 13.1. The Hall–Kier alpha value is -4.11. The Bertz CT molecular complexity index is 1440. The fraction of sp³-hybridized carbons (Fsp3) is 0.441. The highest BCUT2D eigenvalue weighted by Gasteiger charge is 2.42. The summed E-state index contributed by atoms with van der Waals surface area (Å²) in [6, 6.07) is 17.9. The van der Waals surface area contributed by atoms with E-state index >= 15 is 0 Å². The monoisotopic (exact) mass is 582 g/mol. The van der Waals surface area contributed by atoms with Crippen LogP contribution in [0.5, 0.6) is 5.75 Å². The molecule has 0 radical (unpaired) electrons. The van der Waals surface area contributed by atoms with Crippen molar-refractivity contribution in [2.24, 2.45) is 0 Å². The first-order valence-electron chi connectivity index (χ1n) is 15.4. The van der Waals surface area contributed by atoms with Gasteiger partial charge in [-0.15, -0.1) is 0 Å². The fourth-order valence-electron chi connectivity index (χ4n) is 6.88. The van der Waals surface area contributed by atoms with Crippen molar-refractivity contribution < 1.29 is 14.7 Å². The number of pyridine rings is 1. The first kappa shape index (κ1) is 29.0. The number of carbonyl (C=O) groups excluding carboxylic acids is 2. The Balaban J connectivity index is 1.04. The number of fused-ring (bicyclic) bond motifs is 2. The van der Waals surface area contributed by atoms with Crippen LogP contribution in [0.25, 0.3) is 0 Å². The SMILES string of the molecule is Cc1c(O)cccc1C(=O)N[C@H]1C[C@H]2CC[C@@H](C1)N2c1ccc(C(=O)N[C@@H](C)c2ccc(N3CCN(C)CC3)cc2)cn1. The maximum absolute atomic E-state index is 13.1. The standard InChI is InChI=1S/C34H42N6O3/c1-22-30(5-4-6-31(22)41)34(43)37-26-19-28-12-13-29(20-26)40(28)32-14-9-25(21-35-32)33(42)36-23(2)24-7-10-27(11-8-24)39-17-15-38(3)16-18-39/h4-11,14,21,23,26,28-29,41H,12-13,15-20H2,1-3H3,(H,36,42)(H,37,43)/t23-,26-,28+,29-/m0/s1. The van der Waals surface area contributed by atoms with Gasteiger partial charge in [0, 0.05) is 67.3 Å². The molecule has 2 aromatic carbocycles. The first-order chi connectivity index (χ1) is 20.8. The molecule has 3 saturated heterocycles. The third-order valence-electron chi connectivity index (χ3n) is 9.50. The summed E-state index contributed by atoms with van der Waals surface area (Å²) in [5.74, 6) is 0.738. The molecule has 0 aliphatic carbocycles. The molecule has 3 aliphatic heterocycles. The van der Waals surface area contributed by atoms with Crippen LogP contribution in [-0.2, 0) is 0 Å². The van der Waals surface area contributed by atoms with Gasteiger partial charge in [0.1, 0.15) is 11.6 Å². The number of nitrogens with one attached hydrogen (secondary N) is 2. The third-order valence-corrected chi connectivity index (χ3v) is 9.50. The number of anilines is 2. The maximum Gasteiger partial charge on any atom is 0.253 e. The van der Waals surface area contributed by atoms with Crippen LogP contribution < -0.4 is 20.4 Å². The van der Waals surface area contributed by atoms with Crippen LogP contribution in [0.1, 0.15) is 70.5 Å². The van der Waals surface area contributed by atoms with Gasteiger partial charge in [-0.2, -0.15) is 0 Å². The zero-order valence-electron chi connectivity index (χ0n) is 25.3. The number of nitrogens with zero attached hydrogens (tertiary/aromatic N) is 4. The summed E-state index contributed by atoms with van der Waals surface area (Å²) >= 11 is 0. The molecular formula is C34H42N6O3. The minimum absolute atomic E-state index is 0.0742. The molecule has 2 bridgehead atoms. The molecule has 4 heterocycles. The Morgan fingerprint density at radius 1 is 0.930 bits per heavy atom. The van der Waals surface area contributed by atoms with Crippen LogP contribution in [0.4, 0.5) is 11.5 Å². The van der Waals surface area contributed by atoms with Crippen molar-refractivity contribution in [2.45, 2.75) is 63.7 Å². The van der Waals surface area contributed by atoms with E-state index in [9.17, 15) is 14.7 Å². The zero-order chi connectivity index (χ0) is 30.1. The summed E-state index contributed by atoms with van der Waals surface area (Å²) in [5.41, 5.74) is 3.95. The van der Waals surface area contributed by atoms with Crippen molar-refractivity contribution in [1.82, 2.24) is 20.5 Å². The summed E-state index contributed by atoms with van der Waals surface area (Å²) < 4.78 is 0. The lowest BCUT2D eigenvalue weighted by Gasteiger charge is -2.40. The molecule has 9 nitrogen and oxygen atoms in total. The quantitative estimate of drug-likeness (QED) is 0.383. The van der Waals surface area contributed by atoms with Crippen LogP contribution in [-0.4, -0.2) is 78.2 Å². The largest absolute Gasteiger partial charge is 0.508 e. The number of phenols is 1. The predicted molar refractivity (Wildman–Crippen MR) is 169 cm³/mol. The number of piperidine rings is 1. The van der Waals surface area contributed by atoms with E-state index in [0.29, 0.717) is 16.7 Å². The molecule has 3 fully saturated rings. The topological polar surface area (TPSA) is 101 Å². The van der Waals surface area contributed by atoms with Crippen molar-refractivity contribution in [3.63, 3.8) is 0 Å². The van der Waals surface area contributed by atoms with Crippen LogP contribution in [0.3, 0.4) is 0 Å². The van der Waals surface area contributed by atoms with Crippen molar-refractivity contribution in [3.8, 4) is 5.75 Å². The second-order valence-electron chi connectivity index (χ2n) is 12.4. The van der Waals surface area contributed by atoms with Crippen molar-refractivity contribution in [1.29, 1.82) is 0 Å². The second-order valence-corrected chi connectivity index (χ2v) is 12.4. The Labute approximate surface area is 253 Å².